The van der Waals surface area contributed by atoms with Crippen LogP contribution in [0.5, 0.6) is 0 Å². The molecule has 2 aromatic heterocycles. The van der Waals surface area contributed by atoms with E-state index in [1.54, 1.807) is 11.8 Å². The number of aliphatic hydroxyl groups excluding tert-OH is 1. The first-order valence-corrected chi connectivity index (χ1v) is 7.03. The van der Waals surface area contributed by atoms with E-state index in [-0.39, 0.29) is 17.9 Å². The van der Waals surface area contributed by atoms with E-state index in [1.165, 1.54) is 4.63 Å². The van der Waals surface area contributed by atoms with Gasteiger partial charge in [-0.2, -0.15) is 11.8 Å². The molecule has 2 atom stereocenters. The number of thioether (sulfide) groups is 1. The number of aliphatic hydroxyl groups is 1. The van der Waals surface area contributed by atoms with E-state index in [0.29, 0.717) is 5.82 Å². The fraction of sp³-hybridized carbons (Fsp3) is 0.545. The van der Waals surface area contributed by atoms with Crippen LogP contribution in [0.25, 0.3) is 5.65 Å². The largest absolute Gasteiger partial charge is 0.395 e. The normalized spacial score (nSPS) is 14.7. The Morgan fingerprint density at radius 1 is 1.44 bits per heavy atom. The summed E-state index contributed by atoms with van der Waals surface area (Å²) in [6.45, 7) is 4.00. The number of fused-ring (bicyclic) bond motifs is 1. The summed E-state index contributed by atoms with van der Waals surface area (Å²) in [6, 6.07) is 3.86. The fourth-order valence-electron chi connectivity index (χ4n) is 1.73. The van der Waals surface area contributed by atoms with Crippen molar-refractivity contribution in [2.75, 3.05) is 18.2 Å². The Morgan fingerprint density at radius 3 is 2.89 bits per heavy atom. The number of hydrogen-bond donors (Lipinski definition) is 2. The van der Waals surface area contributed by atoms with Crippen molar-refractivity contribution in [3.05, 3.63) is 18.0 Å². The van der Waals surface area contributed by atoms with Gasteiger partial charge in [0.15, 0.2) is 5.65 Å². The van der Waals surface area contributed by atoms with Gasteiger partial charge in [0, 0.05) is 11.3 Å². The van der Waals surface area contributed by atoms with Crippen LogP contribution >= 0.6 is 11.8 Å². The number of aryl methyl sites for hydroxylation is 1. The topological polar surface area (TPSA) is 75.3 Å². The van der Waals surface area contributed by atoms with Crippen LogP contribution in [0.4, 0.5) is 5.82 Å². The zero-order valence-electron chi connectivity index (χ0n) is 10.7. The third-order valence-corrected chi connectivity index (χ3v) is 3.89. The molecule has 0 saturated carbocycles. The first-order chi connectivity index (χ1) is 8.63. The van der Waals surface area contributed by atoms with Crippen LogP contribution in [0.3, 0.4) is 0 Å². The summed E-state index contributed by atoms with van der Waals surface area (Å²) in [7, 11) is 0. The highest BCUT2D eigenvalue weighted by Gasteiger charge is 2.15. The van der Waals surface area contributed by atoms with Crippen LogP contribution in [-0.4, -0.2) is 49.1 Å². The molecule has 0 unspecified atom stereocenters. The van der Waals surface area contributed by atoms with Crippen molar-refractivity contribution in [2.45, 2.75) is 25.1 Å². The van der Waals surface area contributed by atoms with E-state index in [0.717, 1.165) is 11.5 Å². The first kappa shape index (κ1) is 13.1. The van der Waals surface area contributed by atoms with E-state index in [4.69, 9.17) is 0 Å². The van der Waals surface area contributed by atoms with Gasteiger partial charge in [0.25, 0.3) is 0 Å². The van der Waals surface area contributed by atoms with Crippen LogP contribution in [0.15, 0.2) is 12.1 Å². The molecule has 0 aromatic carbocycles. The summed E-state index contributed by atoms with van der Waals surface area (Å²) in [5.41, 5.74) is 0.731. The van der Waals surface area contributed by atoms with Crippen molar-refractivity contribution < 1.29 is 5.11 Å². The zero-order valence-corrected chi connectivity index (χ0v) is 11.5. The van der Waals surface area contributed by atoms with Crippen LogP contribution in [0.1, 0.15) is 12.7 Å². The zero-order chi connectivity index (χ0) is 13.1. The number of nitrogens with one attached hydrogen (secondary N) is 1. The molecule has 7 heteroatoms. The maximum Gasteiger partial charge on any atom is 0.176 e. The molecular weight excluding hydrogens is 250 g/mol. The Bertz CT molecular complexity index is 525. The number of nitrogens with zero attached hydrogens (tertiary/aromatic N) is 4. The standard InChI is InChI=1S/C11H17N5OS/c1-7(9(6-17)18-3)12-10-4-5-11-13-8(2)14-16(11)15-10/h4-5,7,9,17H,6H2,1-3H3,(H,12,15)/t7-,9+/m1/s1. The maximum absolute atomic E-state index is 9.24. The lowest BCUT2D eigenvalue weighted by Crippen LogP contribution is -2.31. The van der Waals surface area contributed by atoms with Gasteiger partial charge < -0.3 is 10.4 Å². The maximum atomic E-state index is 9.24. The molecule has 0 radical (unpaired) electrons. The fourth-order valence-corrected chi connectivity index (χ4v) is 2.35. The van der Waals surface area contributed by atoms with Crippen molar-refractivity contribution in [3.63, 3.8) is 0 Å². The van der Waals surface area contributed by atoms with E-state index < -0.39 is 0 Å². The molecule has 2 heterocycles. The second kappa shape index (κ2) is 5.53. The Labute approximate surface area is 110 Å². The first-order valence-electron chi connectivity index (χ1n) is 5.75. The van der Waals surface area contributed by atoms with Crippen molar-refractivity contribution in [3.8, 4) is 0 Å². The Morgan fingerprint density at radius 2 is 2.22 bits per heavy atom. The van der Waals surface area contributed by atoms with E-state index in [1.807, 2.05) is 32.2 Å². The van der Waals surface area contributed by atoms with E-state index in [2.05, 4.69) is 20.5 Å². The summed E-state index contributed by atoms with van der Waals surface area (Å²) in [5.74, 6) is 1.43. The second-order valence-electron chi connectivity index (χ2n) is 4.11. The third-order valence-electron chi connectivity index (χ3n) is 2.73. The molecule has 2 rings (SSSR count). The number of anilines is 1. The third kappa shape index (κ3) is 2.73. The van der Waals surface area contributed by atoms with Crippen LogP contribution in [0, 0.1) is 6.92 Å². The molecule has 2 N–H and O–H groups in total. The molecule has 18 heavy (non-hydrogen) atoms. The Balaban J connectivity index is 2.16. The van der Waals surface area contributed by atoms with Crippen molar-refractivity contribution in [1.29, 1.82) is 0 Å². The predicted octanol–water partition coefficient (Wildman–Crippen LogP) is 0.957. The smallest absolute Gasteiger partial charge is 0.176 e. The van der Waals surface area contributed by atoms with Gasteiger partial charge in [-0.1, -0.05) is 0 Å². The molecule has 0 bridgehead atoms. The SMILES string of the molecule is CS[C@@H](CO)[C@@H](C)Nc1ccc2nc(C)nn2n1. The van der Waals surface area contributed by atoms with E-state index >= 15 is 0 Å². The molecule has 0 spiro atoms. The highest BCUT2D eigenvalue weighted by Crippen LogP contribution is 2.15. The lowest BCUT2D eigenvalue weighted by Gasteiger charge is -2.21. The number of aromatic nitrogens is 4. The van der Waals surface area contributed by atoms with Crippen molar-refractivity contribution >= 4 is 23.2 Å². The average Bonchev–Trinajstić information content (AvgIpc) is 2.70. The van der Waals surface area contributed by atoms with Crippen molar-refractivity contribution in [1.82, 2.24) is 19.8 Å². The van der Waals surface area contributed by atoms with Gasteiger partial charge in [-0.15, -0.1) is 14.8 Å². The molecule has 98 valence electrons. The molecule has 0 aliphatic heterocycles. The number of hydrogen-bond acceptors (Lipinski definition) is 6. The predicted molar refractivity (Wildman–Crippen MR) is 73.0 cm³/mol. The summed E-state index contributed by atoms with van der Waals surface area (Å²) < 4.78 is 1.51. The average molecular weight is 267 g/mol. The molecule has 0 saturated heterocycles. The summed E-state index contributed by atoms with van der Waals surface area (Å²) in [4.78, 5) is 4.22. The molecule has 0 aliphatic rings. The molecule has 0 fully saturated rings. The minimum absolute atomic E-state index is 0.125. The monoisotopic (exact) mass is 267 g/mol. The van der Waals surface area contributed by atoms with Crippen molar-refractivity contribution in [2.24, 2.45) is 0 Å². The summed E-state index contributed by atoms with van der Waals surface area (Å²) in [6.07, 6.45) is 1.98. The highest BCUT2D eigenvalue weighted by atomic mass is 32.2. The van der Waals surface area contributed by atoms with Crippen LogP contribution < -0.4 is 5.32 Å². The lowest BCUT2D eigenvalue weighted by atomic mass is 10.2. The van der Waals surface area contributed by atoms with Gasteiger partial charge in [0.2, 0.25) is 0 Å². The van der Waals surface area contributed by atoms with Crippen LogP contribution in [0.2, 0.25) is 0 Å². The minimum Gasteiger partial charge on any atom is -0.395 e. The number of rotatable bonds is 5. The van der Waals surface area contributed by atoms with Gasteiger partial charge in [-0.3, -0.25) is 0 Å². The molecule has 2 aromatic rings. The van der Waals surface area contributed by atoms with Gasteiger partial charge in [-0.05, 0) is 32.2 Å². The second-order valence-corrected chi connectivity index (χ2v) is 5.19. The van der Waals surface area contributed by atoms with E-state index in [9.17, 15) is 5.11 Å². The Kier molecular flexibility index (Phi) is 4.03. The molecule has 0 amide bonds. The van der Waals surface area contributed by atoms with Gasteiger partial charge in [0.05, 0.1) is 6.61 Å². The quantitative estimate of drug-likeness (QED) is 0.840. The van der Waals surface area contributed by atoms with Crippen LogP contribution in [-0.2, 0) is 0 Å². The van der Waals surface area contributed by atoms with Gasteiger partial charge in [0.1, 0.15) is 11.6 Å². The highest BCUT2D eigenvalue weighted by molar-refractivity contribution is 7.99. The van der Waals surface area contributed by atoms with Gasteiger partial charge >= 0.3 is 0 Å². The Hall–Kier alpha value is -1.34. The summed E-state index contributed by atoms with van der Waals surface area (Å²) in [5, 5.41) is 21.1. The molecule has 0 aliphatic carbocycles. The summed E-state index contributed by atoms with van der Waals surface area (Å²) >= 11 is 1.63. The lowest BCUT2D eigenvalue weighted by molar-refractivity contribution is 0.288. The molecule has 6 nitrogen and oxygen atoms in total. The minimum atomic E-state index is 0.125. The van der Waals surface area contributed by atoms with Gasteiger partial charge in [-0.25, -0.2) is 4.98 Å². The molecular formula is C11H17N5OS.